The average Bonchev–Trinajstić information content (AvgIpc) is 3.39. The second kappa shape index (κ2) is 6.95. The van der Waals surface area contributed by atoms with E-state index in [0.29, 0.717) is 18.1 Å². The van der Waals surface area contributed by atoms with Gasteiger partial charge in [-0.15, -0.1) is 0 Å². The molecule has 1 aliphatic heterocycles. The lowest BCUT2D eigenvalue weighted by molar-refractivity contribution is -0.124. The maximum Gasteiger partial charge on any atom is 0.230 e. The van der Waals surface area contributed by atoms with E-state index in [1.165, 1.54) is 0 Å². The molecule has 1 heterocycles. The largest absolute Gasteiger partial charge is 0.496 e. The molecule has 1 saturated heterocycles. The fourth-order valence-corrected chi connectivity index (χ4v) is 5.51. The van der Waals surface area contributed by atoms with Crippen LogP contribution in [0.1, 0.15) is 18.4 Å². The third-order valence-corrected chi connectivity index (χ3v) is 7.23. The van der Waals surface area contributed by atoms with Gasteiger partial charge in [-0.1, -0.05) is 18.2 Å². The maximum atomic E-state index is 12.8. The van der Waals surface area contributed by atoms with Gasteiger partial charge in [0.2, 0.25) is 5.91 Å². The molecule has 1 aromatic rings. The van der Waals surface area contributed by atoms with Crippen molar-refractivity contribution in [2.24, 2.45) is 0 Å². The molecular weight excluding hydrogens is 330 g/mol. The number of thioether (sulfide) groups is 2. The number of methoxy groups -OCH3 is 1. The van der Waals surface area contributed by atoms with Gasteiger partial charge in [0.15, 0.2) is 0 Å². The lowest BCUT2D eigenvalue weighted by Crippen LogP contribution is -2.49. The van der Waals surface area contributed by atoms with E-state index >= 15 is 0 Å². The number of ether oxygens (including phenoxy) is 1. The molecule has 0 bridgehead atoms. The Balaban J connectivity index is 1.68. The molecule has 3 rings (SSSR count). The summed E-state index contributed by atoms with van der Waals surface area (Å²) >= 11 is 3.52. The Morgan fingerprint density at radius 3 is 2.52 bits per heavy atom. The van der Waals surface area contributed by atoms with Gasteiger partial charge in [0.05, 0.1) is 18.1 Å². The SMILES string of the molecule is COc1ccccc1C1(C(=O)NCC2(O)CSCCSC2)CC1. The molecule has 1 aromatic carbocycles. The number of amides is 1. The molecule has 0 spiro atoms. The number of hydrogen-bond donors (Lipinski definition) is 2. The number of nitrogens with one attached hydrogen (secondary N) is 1. The Bertz CT molecular complexity index is 567. The predicted octanol–water partition coefficient (Wildman–Crippen LogP) is 2.05. The fourth-order valence-electron chi connectivity index (χ4n) is 2.98. The average molecular weight is 354 g/mol. The van der Waals surface area contributed by atoms with Crippen molar-refractivity contribution in [3.63, 3.8) is 0 Å². The maximum absolute atomic E-state index is 12.8. The van der Waals surface area contributed by atoms with E-state index < -0.39 is 11.0 Å². The first kappa shape index (κ1) is 17.0. The molecule has 0 aromatic heterocycles. The highest BCUT2D eigenvalue weighted by Gasteiger charge is 2.53. The molecule has 2 fully saturated rings. The molecule has 1 amide bonds. The zero-order valence-corrected chi connectivity index (χ0v) is 15.0. The number of carbonyl (C=O) groups excluding carboxylic acids is 1. The first-order chi connectivity index (χ1) is 11.1. The van der Waals surface area contributed by atoms with Crippen LogP contribution in [0, 0.1) is 0 Å². The summed E-state index contributed by atoms with van der Waals surface area (Å²) < 4.78 is 5.42. The van der Waals surface area contributed by atoms with Crippen LogP contribution in [-0.2, 0) is 10.2 Å². The lowest BCUT2D eigenvalue weighted by atomic mass is 9.93. The minimum atomic E-state index is -0.807. The topological polar surface area (TPSA) is 58.6 Å². The summed E-state index contributed by atoms with van der Waals surface area (Å²) in [5.41, 5.74) is -0.330. The van der Waals surface area contributed by atoms with Crippen molar-refractivity contribution in [2.45, 2.75) is 23.9 Å². The standard InChI is InChI=1S/C17H23NO3S2/c1-21-14-5-3-2-4-13(14)17(6-7-17)15(19)18-10-16(20)11-22-8-9-23-12-16/h2-5,20H,6-12H2,1H3,(H,18,19). The number of aliphatic hydroxyl groups is 1. The van der Waals surface area contributed by atoms with Crippen LogP contribution < -0.4 is 10.1 Å². The summed E-state index contributed by atoms with van der Waals surface area (Å²) in [4.78, 5) is 12.8. The highest BCUT2D eigenvalue weighted by atomic mass is 32.2. The third kappa shape index (κ3) is 3.64. The summed E-state index contributed by atoms with van der Waals surface area (Å²) in [5.74, 6) is 4.26. The van der Waals surface area contributed by atoms with Crippen LogP contribution in [0.2, 0.25) is 0 Å². The molecule has 2 N–H and O–H groups in total. The zero-order valence-electron chi connectivity index (χ0n) is 13.3. The molecular formula is C17H23NO3S2. The van der Waals surface area contributed by atoms with Crippen LogP contribution in [0.25, 0.3) is 0 Å². The van der Waals surface area contributed by atoms with E-state index in [4.69, 9.17) is 4.74 Å². The monoisotopic (exact) mass is 353 g/mol. The number of rotatable bonds is 5. The highest BCUT2D eigenvalue weighted by Crippen LogP contribution is 2.51. The van der Waals surface area contributed by atoms with Crippen LogP contribution >= 0.6 is 23.5 Å². The van der Waals surface area contributed by atoms with E-state index in [1.54, 1.807) is 30.6 Å². The minimum Gasteiger partial charge on any atom is -0.496 e. The van der Waals surface area contributed by atoms with Gasteiger partial charge >= 0.3 is 0 Å². The summed E-state index contributed by atoms with van der Waals surface area (Å²) in [6, 6.07) is 7.72. The van der Waals surface area contributed by atoms with E-state index in [9.17, 15) is 9.90 Å². The van der Waals surface area contributed by atoms with E-state index in [-0.39, 0.29) is 5.91 Å². The molecule has 23 heavy (non-hydrogen) atoms. The Hall–Kier alpha value is -0.850. The molecule has 2 aliphatic rings. The number of carbonyl (C=O) groups is 1. The Morgan fingerprint density at radius 2 is 1.91 bits per heavy atom. The molecule has 1 saturated carbocycles. The lowest BCUT2D eigenvalue weighted by Gasteiger charge is -2.27. The minimum absolute atomic E-state index is 0.00896. The molecule has 1 aliphatic carbocycles. The van der Waals surface area contributed by atoms with Crippen molar-refractivity contribution in [1.29, 1.82) is 0 Å². The predicted molar refractivity (Wildman–Crippen MR) is 96.5 cm³/mol. The highest BCUT2D eigenvalue weighted by molar-refractivity contribution is 8.03. The van der Waals surface area contributed by atoms with Gasteiger partial charge in [0.1, 0.15) is 5.75 Å². The van der Waals surface area contributed by atoms with Crippen molar-refractivity contribution < 1.29 is 14.6 Å². The second-order valence-electron chi connectivity index (χ2n) is 6.29. The molecule has 0 atom stereocenters. The summed E-state index contributed by atoms with van der Waals surface area (Å²) in [6.07, 6.45) is 1.67. The summed E-state index contributed by atoms with van der Waals surface area (Å²) in [5, 5.41) is 13.7. The van der Waals surface area contributed by atoms with Gasteiger partial charge in [-0.2, -0.15) is 23.5 Å². The zero-order chi connectivity index (χ0) is 16.3. The van der Waals surface area contributed by atoms with Gasteiger partial charge in [0.25, 0.3) is 0 Å². The van der Waals surface area contributed by atoms with Gasteiger partial charge in [-0.25, -0.2) is 0 Å². The number of hydrogen-bond acceptors (Lipinski definition) is 5. The van der Waals surface area contributed by atoms with Gasteiger partial charge in [0, 0.05) is 35.1 Å². The third-order valence-electron chi connectivity index (χ3n) is 4.50. The first-order valence-corrected chi connectivity index (χ1v) is 10.2. The van der Waals surface area contributed by atoms with Crippen LogP contribution in [0.15, 0.2) is 24.3 Å². The van der Waals surface area contributed by atoms with E-state index in [1.807, 2.05) is 24.3 Å². The normalized spacial score (nSPS) is 22.0. The molecule has 126 valence electrons. The van der Waals surface area contributed by atoms with Gasteiger partial charge < -0.3 is 15.2 Å². The number of para-hydroxylation sites is 1. The molecule has 6 heteroatoms. The van der Waals surface area contributed by atoms with Crippen molar-refractivity contribution >= 4 is 29.4 Å². The smallest absolute Gasteiger partial charge is 0.230 e. The van der Waals surface area contributed by atoms with E-state index in [2.05, 4.69) is 5.32 Å². The van der Waals surface area contributed by atoms with Crippen LogP contribution in [0.5, 0.6) is 5.75 Å². The van der Waals surface area contributed by atoms with Gasteiger partial charge in [-0.3, -0.25) is 4.79 Å². The van der Waals surface area contributed by atoms with Crippen LogP contribution in [-0.4, -0.2) is 53.3 Å². The Morgan fingerprint density at radius 1 is 1.26 bits per heavy atom. The molecule has 4 nitrogen and oxygen atoms in total. The quantitative estimate of drug-likeness (QED) is 0.848. The van der Waals surface area contributed by atoms with Crippen molar-refractivity contribution in [3.05, 3.63) is 29.8 Å². The first-order valence-electron chi connectivity index (χ1n) is 7.89. The van der Waals surface area contributed by atoms with Crippen LogP contribution in [0.3, 0.4) is 0 Å². The van der Waals surface area contributed by atoms with Crippen molar-refractivity contribution in [1.82, 2.24) is 5.32 Å². The van der Waals surface area contributed by atoms with Crippen molar-refractivity contribution in [2.75, 3.05) is 36.7 Å². The van der Waals surface area contributed by atoms with Crippen molar-refractivity contribution in [3.8, 4) is 5.75 Å². The summed E-state index contributed by atoms with van der Waals surface area (Å²) in [7, 11) is 1.63. The Kier molecular flexibility index (Phi) is 5.13. The molecule has 0 radical (unpaired) electrons. The fraction of sp³-hybridized carbons (Fsp3) is 0.588. The number of benzene rings is 1. The van der Waals surface area contributed by atoms with E-state index in [0.717, 1.165) is 35.7 Å². The molecule has 0 unspecified atom stereocenters. The summed E-state index contributed by atoms with van der Waals surface area (Å²) in [6.45, 7) is 0.322. The van der Waals surface area contributed by atoms with Gasteiger partial charge in [-0.05, 0) is 18.9 Å². The second-order valence-corrected chi connectivity index (χ2v) is 8.50. The Labute approximate surface area is 145 Å². The van der Waals surface area contributed by atoms with Crippen LogP contribution in [0.4, 0.5) is 0 Å².